The number of carbonyl (C=O) groups is 1. The van der Waals surface area contributed by atoms with Crippen LogP contribution >= 0.6 is 15.3 Å². The van der Waals surface area contributed by atoms with E-state index >= 15 is 0 Å². The Hall–Kier alpha value is 0.0869. The SMILES string of the molecule is CO[Si](Br)(COC(C)=O)OC. The normalized spacial score (nSPS) is 11.3. The van der Waals surface area contributed by atoms with Crippen LogP contribution in [0.5, 0.6) is 0 Å². The van der Waals surface area contributed by atoms with Crippen molar-refractivity contribution < 1.29 is 18.4 Å². The Morgan fingerprint density at radius 1 is 1.45 bits per heavy atom. The maximum atomic E-state index is 10.4. The fourth-order valence-electron chi connectivity index (χ4n) is 0.389. The zero-order valence-electron chi connectivity index (χ0n) is 6.72. The highest BCUT2D eigenvalue weighted by atomic mass is 79.9. The van der Waals surface area contributed by atoms with Crippen molar-refractivity contribution in [2.45, 2.75) is 6.92 Å². The van der Waals surface area contributed by atoms with E-state index in [0.29, 0.717) is 0 Å². The summed E-state index contributed by atoms with van der Waals surface area (Å²) in [6, 6.07) is 0. The molecule has 0 rings (SSSR count). The minimum atomic E-state index is -2.39. The molecule has 0 fully saturated rings. The average molecular weight is 243 g/mol. The molecule has 0 saturated carbocycles. The summed E-state index contributed by atoms with van der Waals surface area (Å²) in [6.07, 6.45) is 0.162. The molecule has 0 heterocycles. The Balaban J connectivity index is 3.78. The van der Waals surface area contributed by atoms with E-state index in [1.165, 1.54) is 21.1 Å². The topological polar surface area (TPSA) is 44.8 Å². The molecule has 6 heteroatoms. The van der Waals surface area contributed by atoms with Crippen LogP contribution in [-0.4, -0.2) is 33.6 Å². The molecular weight excluding hydrogens is 232 g/mol. The summed E-state index contributed by atoms with van der Waals surface area (Å²) >= 11 is 3.23. The molecule has 0 aliphatic heterocycles. The summed E-state index contributed by atoms with van der Waals surface area (Å²) in [5.41, 5.74) is 0. The minimum absolute atomic E-state index is 0.162. The van der Waals surface area contributed by atoms with Crippen molar-refractivity contribution in [3.8, 4) is 0 Å². The second kappa shape index (κ2) is 4.86. The van der Waals surface area contributed by atoms with Gasteiger partial charge in [-0.05, 0) is 0 Å². The molecule has 0 aliphatic rings. The second-order valence-electron chi connectivity index (χ2n) is 1.85. The molecule has 0 aromatic carbocycles. The van der Waals surface area contributed by atoms with E-state index in [0.717, 1.165) is 0 Å². The highest BCUT2D eigenvalue weighted by molar-refractivity contribution is 9.25. The first kappa shape index (κ1) is 11.1. The number of rotatable bonds is 4. The molecule has 0 unspecified atom stereocenters. The van der Waals surface area contributed by atoms with Crippen molar-refractivity contribution in [1.82, 2.24) is 0 Å². The highest BCUT2D eigenvalue weighted by Crippen LogP contribution is 2.13. The lowest BCUT2D eigenvalue weighted by molar-refractivity contribution is -0.139. The fourth-order valence-corrected chi connectivity index (χ4v) is 1.51. The van der Waals surface area contributed by atoms with Crippen molar-refractivity contribution in [2.75, 3.05) is 20.4 Å². The molecule has 0 radical (unpaired) electrons. The second-order valence-corrected chi connectivity index (χ2v) is 7.90. The van der Waals surface area contributed by atoms with Gasteiger partial charge in [0.15, 0.2) is 0 Å². The summed E-state index contributed by atoms with van der Waals surface area (Å²) in [6.45, 7) is 1.34. The van der Waals surface area contributed by atoms with Gasteiger partial charge in [0.05, 0.1) is 0 Å². The van der Waals surface area contributed by atoms with Gasteiger partial charge >= 0.3 is 13.1 Å². The molecular formula is C5H11BrO4Si. The smallest absolute Gasteiger partial charge is 0.452 e. The van der Waals surface area contributed by atoms with E-state index in [1.54, 1.807) is 0 Å². The molecule has 11 heavy (non-hydrogen) atoms. The average Bonchev–Trinajstić information content (AvgIpc) is 2.00. The van der Waals surface area contributed by atoms with Gasteiger partial charge in [-0.2, -0.15) is 0 Å². The quantitative estimate of drug-likeness (QED) is 0.414. The van der Waals surface area contributed by atoms with Crippen molar-refractivity contribution in [2.24, 2.45) is 0 Å². The maximum Gasteiger partial charge on any atom is 0.452 e. The first-order valence-electron chi connectivity index (χ1n) is 2.96. The molecule has 0 aliphatic carbocycles. The Morgan fingerprint density at radius 3 is 2.18 bits per heavy atom. The van der Waals surface area contributed by atoms with E-state index in [2.05, 4.69) is 15.3 Å². The van der Waals surface area contributed by atoms with Gasteiger partial charge in [-0.1, -0.05) is 15.3 Å². The summed E-state index contributed by atoms with van der Waals surface area (Å²) in [5.74, 6) is -0.338. The monoisotopic (exact) mass is 242 g/mol. The molecule has 0 spiro atoms. The third kappa shape index (κ3) is 4.52. The summed E-state index contributed by atoms with van der Waals surface area (Å²) in [5, 5.41) is 0. The van der Waals surface area contributed by atoms with Crippen LogP contribution in [0.25, 0.3) is 0 Å². The van der Waals surface area contributed by atoms with Crippen LogP contribution in [0.15, 0.2) is 0 Å². The predicted molar refractivity (Wildman–Crippen MR) is 45.3 cm³/mol. The Morgan fingerprint density at radius 2 is 1.91 bits per heavy atom. The largest absolute Gasteiger partial charge is 0.463 e. The summed E-state index contributed by atoms with van der Waals surface area (Å²) < 4.78 is 14.7. The number of esters is 1. The van der Waals surface area contributed by atoms with E-state index in [4.69, 9.17) is 13.6 Å². The van der Waals surface area contributed by atoms with E-state index in [9.17, 15) is 4.79 Å². The van der Waals surface area contributed by atoms with Gasteiger partial charge in [0.25, 0.3) is 0 Å². The van der Waals surface area contributed by atoms with Crippen molar-refractivity contribution in [3.05, 3.63) is 0 Å². The van der Waals surface area contributed by atoms with Gasteiger partial charge in [-0.15, -0.1) is 0 Å². The number of carbonyl (C=O) groups excluding carboxylic acids is 1. The number of halogens is 1. The molecule has 66 valence electrons. The van der Waals surface area contributed by atoms with Gasteiger partial charge in [-0.25, -0.2) is 0 Å². The molecule has 0 bridgehead atoms. The first-order valence-corrected chi connectivity index (χ1v) is 7.24. The van der Waals surface area contributed by atoms with Crippen LogP contribution in [-0.2, 0) is 18.4 Å². The molecule has 0 amide bonds. The molecule has 0 aromatic heterocycles. The Labute approximate surface area is 74.6 Å². The van der Waals surface area contributed by atoms with Crippen molar-refractivity contribution >= 4 is 28.4 Å². The van der Waals surface area contributed by atoms with Crippen LogP contribution in [0.4, 0.5) is 0 Å². The van der Waals surface area contributed by atoms with E-state index in [-0.39, 0.29) is 12.2 Å². The number of hydrogen-bond donors (Lipinski definition) is 0. The van der Waals surface area contributed by atoms with Gasteiger partial charge in [0, 0.05) is 21.1 Å². The van der Waals surface area contributed by atoms with Crippen LogP contribution < -0.4 is 0 Å². The number of hydrogen-bond acceptors (Lipinski definition) is 4. The van der Waals surface area contributed by atoms with Crippen LogP contribution in [0.1, 0.15) is 6.92 Å². The molecule has 0 aromatic rings. The lowest BCUT2D eigenvalue weighted by Gasteiger charge is -2.18. The molecule has 0 atom stereocenters. The van der Waals surface area contributed by atoms with Gasteiger partial charge in [0.1, 0.15) is 6.23 Å². The van der Waals surface area contributed by atoms with Gasteiger partial charge < -0.3 is 13.6 Å². The van der Waals surface area contributed by atoms with Crippen molar-refractivity contribution in [1.29, 1.82) is 0 Å². The maximum absolute atomic E-state index is 10.4. The van der Waals surface area contributed by atoms with Crippen LogP contribution in [0.3, 0.4) is 0 Å². The van der Waals surface area contributed by atoms with Gasteiger partial charge in [0.2, 0.25) is 0 Å². The van der Waals surface area contributed by atoms with Crippen molar-refractivity contribution in [3.63, 3.8) is 0 Å². The highest BCUT2D eigenvalue weighted by Gasteiger charge is 2.34. The number of ether oxygens (including phenoxy) is 1. The zero-order chi connectivity index (χ0) is 8.91. The standard InChI is InChI=1S/C5H11BrO4Si/c1-5(7)10-4-11(6,8-2)9-3/h4H2,1-3H3. The predicted octanol–water partition coefficient (Wildman–Crippen LogP) is 0.715. The third-order valence-electron chi connectivity index (χ3n) is 1.06. The van der Waals surface area contributed by atoms with Crippen LogP contribution in [0.2, 0.25) is 0 Å². The molecule has 0 N–H and O–H groups in total. The van der Waals surface area contributed by atoms with E-state index in [1.807, 2.05) is 0 Å². The Kier molecular flexibility index (Phi) is 4.90. The fraction of sp³-hybridized carbons (Fsp3) is 0.800. The Bertz CT molecular complexity index is 136. The third-order valence-corrected chi connectivity index (χ3v) is 5.40. The summed E-state index contributed by atoms with van der Waals surface area (Å²) in [4.78, 5) is 10.4. The molecule has 0 saturated heterocycles. The lowest BCUT2D eigenvalue weighted by Crippen LogP contribution is -2.39. The minimum Gasteiger partial charge on any atom is -0.463 e. The van der Waals surface area contributed by atoms with Crippen LogP contribution in [0, 0.1) is 0 Å². The zero-order valence-corrected chi connectivity index (χ0v) is 9.30. The molecule has 4 nitrogen and oxygen atoms in total. The van der Waals surface area contributed by atoms with Gasteiger partial charge in [-0.3, -0.25) is 4.79 Å². The van der Waals surface area contributed by atoms with E-state index < -0.39 is 7.18 Å². The first-order chi connectivity index (χ1) is 5.04. The lowest BCUT2D eigenvalue weighted by atomic mass is 10.8. The summed E-state index contributed by atoms with van der Waals surface area (Å²) in [7, 11) is 0.625.